The van der Waals surface area contributed by atoms with Crippen molar-refractivity contribution in [1.82, 2.24) is 10.3 Å². The van der Waals surface area contributed by atoms with Gasteiger partial charge in [0.2, 0.25) is 0 Å². The van der Waals surface area contributed by atoms with Crippen LogP contribution in [0.1, 0.15) is 15.6 Å². The summed E-state index contributed by atoms with van der Waals surface area (Å²) in [4.78, 5) is 5.81. The standard InChI is InChI=1S/C11H17N3S/c1-7-11(15-8(2)14-7)4-9-3-10(12)6-13-5-9/h3,10,13H,4-6,12H2,1-2H3. The summed E-state index contributed by atoms with van der Waals surface area (Å²) in [5.41, 5.74) is 8.42. The molecule has 0 aliphatic carbocycles. The van der Waals surface area contributed by atoms with Gasteiger partial charge in [0, 0.05) is 30.4 Å². The van der Waals surface area contributed by atoms with Gasteiger partial charge in [0.25, 0.3) is 0 Å². The molecule has 1 aliphatic rings. The first-order chi connectivity index (χ1) is 7.15. The van der Waals surface area contributed by atoms with Crippen LogP contribution in [0.2, 0.25) is 0 Å². The van der Waals surface area contributed by atoms with Crippen molar-refractivity contribution in [1.29, 1.82) is 0 Å². The van der Waals surface area contributed by atoms with Gasteiger partial charge in [-0.05, 0) is 13.8 Å². The van der Waals surface area contributed by atoms with E-state index in [-0.39, 0.29) is 6.04 Å². The van der Waals surface area contributed by atoms with Gasteiger partial charge in [-0.15, -0.1) is 11.3 Å². The van der Waals surface area contributed by atoms with E-state index < -0.39 is 0 Å². The van der Waals surface area contributed by atoms with Gasteiger partial charge in [-0.1, -0.05) is 11.6 Å². The second-order valence-corrected chi connectivity index (χ2v) is 5.33. The minimum atomic E-state index is 0.170. The van der Waals surface area contributed by atoms with Gasteiger partial charge in [-0.3, -0.25) is 0 Å². The quantitative estimate of drug-likeness (QED) is 0.740. The van der Waals surface area contributed by atoms with Crippen molar-refractivity contribution in [2.75, 3.05) is 13.1 Å². The number of nitrogens with one attached hydrogen (secondary N) is 1. The Labute approximate surface area is 94.4 Å². The molecule has 0 bridgehead atoms. The number of nitrogens with zero attached hydrogens (tertiary/aromatic N) is 1. The van der Waals surface area contributed by atoms with E-state index in [1.807, 2.05) is 0 Å². The summed E-state index contributed by atoms with van der Waals surface area (Å²) in [5, 5.41) is 4.47. The maximum atomic E-state index is 5.87. The molecule has 15 heavy (non-hydrogen) atoms. The summed E-state index contributed by atoms with van der Waals surface area (Å²) in [5.74, 6) is 0. The minimum Gasteiger partial charge on any atom is -0.323 e. The highest BCUT2D eigenvalue weighted by atomic mass is 32.1. The van der Waals surface area contributed by atoms with Crippen LogP contribution in [0.5, 0.6) is 0 Å². The van der Waals surface area contributed by atoms with Crippen molar-refractivity contribution >= 4 is 11.3 Å². The Hall–Kier alpha value is -0.710. The Morgan fingerprint density at radius 2 is 2.40 bits per heavy atom. The van der Waals surface area contributed by atoms with Crippen molar-refractivity contribution in [2.24, 2.45) is 5.73 Å². The SMILES string of the molecule is Cc1nc(C)c(CC2=CC(N)CNC2)s1. The molecule has 0 saturated carbocycles. The molecule has 1 aromatic heterocycles. The van der Waals surface area contributed by atoms with Crippen molar-refractivity contribution in [3.8, 4) is 0 Å². The third-order valence-electron chi connectivity index (χ3n) is 2.57. The zero-order valence-corrected chi connectivity index (χ0v) is 10.0. The van der Waals surface area contributed by atoms with Crippen molar-refractivity contribution in [2.45, 2.75) is 26.3 Å². The average Bonchev–Trinajstić information content (AvgIpc) is 2.45. The number of nitrogens with two attached hydrogens (primary N) is 1. The fraction of sp³-hybridized carbons (Fsp3) is 0.545. The average molecular weight is 223 g/mol. The predicted molar refractivity (Wildman–Crippen MR) is 64.2 cm³/mol. The molecule has 4 heteroatoms. The number of hydrogen-bond donors (Lipinski definition) is 2. The second-order valence-electron chi connectivity index (χ2n) is 4.04. The van der Waals surface area contributed by atoms with Crippen LogP contribution in [0.3, 0.4) is 0 Å². The summed E-state index contributed by atoms with van der Waals surface area (Å²) < 4.78 is 0. The largest absolute Gasteiger partial charge is 0.323 e. The molecule has 2 rings (SSSR count). The van der Waals surface area contributed by atoms with Crippen LogP contribution < -0.4 is 11.1 Å². The molecule has 3 N–H and O–H groups in total. The zero-order chi connectivity index (χ0) is 10.8. The molecule has 1 aromatic rings. The summed E-state index contributed by atoms with van der Waals surface area (Å²) in [6, 6.07) is 0.170. The third kappa shape index (κ3) is 2.65. The Balaban J connectivity index is 2.11. The highest BCUT2D eigenvalue weighted by molar-refractivity contribution is 7.11. The van der Waals surface area contributed by atoms with Crippen LogP contribution in [0.4, 0.5) is 0 Å². The first kappa shape index (κ1) is 10.8. The molecule has 0 amide bonds. The van der Waals surface area contributed by atoms with Gasteiger partial charge in [-0.25, -0.2) is 4.98 Å². The fourth-order valence-electron chi connectivity index (χ4n) is 1.89. The molecule has 0 fully saturated rings. The lowest BCUT2D eigenvalue weighted by atomic mass is 10.0. The molecular weight excluding hydrogens is 206 g/mol. The van der Waals surface area contributed by atoms with Crippen LogP contribution in [-0.2, 0) is 6.42 Å². The van der Waals surface area contributed by atoms with Crippen LogP contribution in [0, 0.1) is 13.8 Å². The molecular formula is C11H17N3S. The van der Waals surface area contributed by atoms with Gasteiger partial charge in [-0.2, -0.15) is 0 Å². The van der Waals surface area contributed by atoms with Gasteiger partial charge in [0.1, 0.15) is 0 Å². The van der Waals surface area contributed by atoms with Crippen LogP contribution in [0.25, 0.3) is 0 Å². The summed E-state index contributed by atoms with van der Waals surface area (Å²) in [6.07, 6.45) is 3.18. The van der Waals surface area contributed by atoms with E-state index >= 15 is 0 Å². The monoisotopic (exact) mass is 223 g/mol. The number of hydrogen-bond acceptors (Lipinski definition) is 4. The van der Waals surface area contributed by atoms with E-state index in [4.69, 9.17) is 5.73 Å². The Morgan fingerprint density at radius 3 is 3.00 bits per heavy atom. The van der Waals surface area contributed by atoms with Crippen molar-refractivity contribution in [3.05, 3.63) is 27.2 Å². The predicted octanol–water partition coefficient (Wildman–Crippen LogP) is 1.16. The molecule has 1 unspecified atom stereocenters. The molecule has 0 aromatic carbocycles. The summed E-state index contributed by atoms with van der Waals surface area (Å²) >= 11 is 1.79. The first-order valence-electron chi connectivity index (χ1n) is 5.24. The van der Waals surface area contributed by atoms with Gasteiger partial charge in [0.15, 0.2) is 0 Å². The lowest BCUT2D eigenvalue weighted by Gasteiger charge is -2.18. The van der Waals surface area contributed by atoms with Crippen molar-refractivity contribution < 1.29 is 0 Å². The Bertz CT molecular complexity index is 381. The maximum Gasteiger partial charge on any atom is 0.0900 e. The van der Waals surface area contributed by atoms with Crippen LogP contribution in [-0.4, -0.2) is 24.1 Å². The van der Waals surface area contributed by atoms with Crippen LogP contribution >= 0.6 is 11.3 Å². The maximum absolute atomic E-state index is 5.87. The van der Waals surface area contributed by atoms with E-state index in [1.165, 1.54) is 10.5 Å². The molecule has 0 radical (unpaired) electrons. The highest BCUT2D eigenvalue weighted by Gasteiger charge is 2.12. The minimum absolute atomic E-state index is 0.170. The topological polar surface area (TPSA) is 50.9 Å². The summed E-state index contributed by atoms with van der Waals surface area (Å²) in [7, 11) is 0. The number of rotatable bonds is 2. The lowest BCUT2D eigenvalue weighted by molar-refractivity contribution is 0.627. The van der Waals surface area contributed by atoms with Crippen LogP contribution in [0.15, 0.2) is 11.6 Å². The zero-order valence-electron chi connectivity index (χ0n) is 9.21. The Morgan fingerprint density at radius 1 is 1.60 bits per heavy atom. The van der Waals surface area contributed by atoms with E-state index in [9.17, 15) is 0 Å². The first-order valence-corrected chi connectivity index (χ1v) is 6.05. The van der Waals surface area contributed by atoms with Gasteiger partial charge >= 0.3 is 0 Å². The highest BCUT2D eigenvalue weighted by Crippen LogP contribution is 2.21. The molecule has 82 valence electrons. The molecule has 2 heterocycles. The van der Waals surface area contributed by atoms with E-state index in [1.54, 1.807) is 11.3 Å². The van der Waals surface area contributed by atoms with Crippen molar-refractivity contribution in [3.63, 3.8) is 0 Å². The number of aryl methyl sites for hydroxylation is 2. The molecule has 1 aliphatic heterocycles. The van der Waals surface area contributed by atoms with E-state index in [0.29, 0.717) is 0 Å². The van der Waals surface area contributed by atoms with E-state index in [2.05, 4.69) is 30.2 Å². The fourth-order valence-corrected chi connectivity index (χ4v) is 2.88. The summed E-state index contributed by atoms with van der Waals surface area (Å²) in [6.45, 7) is 5.99. The number of aromatic nitrogens is 1. The lowest BCUT2D eigenvalue weighted by Crippen LogP contribution is -2.38. The number of thiazole rings is 1. The molecule has 1 atom stereocenters. The molecule has 3 nitrogen and oxygen atoms in total. The Kier molecular flexibility index (Phi) is 3.19. The molecule has 0 spiro atoms. The van der Waals surface area contributed by atoms with Gasteiger partial charge < -0.3 is 11.1 Å². The van der Waals surface area contributed by atoms with Gasteiger partial charge in [0.05, 0.1) is 10.7 Å². The second kappa shape index (κ2) is 4.43. The normalized spacial score (nSPS) is 21.5. The molecule has 0 saturated heterocycles. The third-order valence-corrected chi connectivity index (χ3v) is 3.64. The smallest absolute Gasteiger partial charge is 0.0900 e. The van der Waals surface area contributed by atoms with E-state index in [0.717, 1.165) is 30.2 Å².